The zero-order valence-corrected chi connectivity index (χ0v) is 16.1. The van der Waals surface area contributed by atoms with E-state index in [1.807, 2.05) is 11.5 Å². The summed E-state index contributed by atoms with van der Waals surface area (Å²) in [5.74, 6) is -0.632. The largest absolute Gasteiger partial charge is 0.457 e. The van der Waals surface area contributed by atoms with Crippen LogP contribution in [0.25, 0.3) is 5.69 Å². The minimum Gasteiger partial charge on any atom is -0.457 e. The molecule has 1 saturated carbocycles. The third-order valence-electron chi connectivity index (χ3n) is 4.94. The maximum Gasteiger partial charge on any atom is 0.309 e. The Kier molecular flexibility index (Phi) is 5.21. The number of primary sulfonamides is 1. The van der Waals surface area contributed by atoms with Gasteiger partial charge in [0.2, 0.25) is 15.8 Å². The molecular formula is C19H22N2O5S. The smallest absolute Gasteiger partial charge is 0.309 e. The molecule has 1 aliphatic rings. The number of hydrogen-bond donors (Lipinski definition) is 1. The topological polar surface area (TPSA) is 108 Å². The highest BCUT2D eigenvalue weighted by Gasteiger charge is 2.27. The van der Waals surface area contributed by atoms with Crippen LogP contribution in [-0.4, -0.2) is 31.3 Å². The Bertz CT molecular complexity index is 986. The van der Waals surface area contributed by atoms with E-state index in [0.29, 0.717) is 16.9 Å². The molecule has 27 heavy (non-hydrogen) atoms. The molecule has 1 fully saturated rings. The number of rotatable bonds is 6. The van der Waals surface area contributed by atoms with E-state index >= 15 is 0 Å². The molecular weight excluding hydrogens is 368 g/mol. The molecule has 1 aliphatic carbocycles. The fourth-order valence-electron chi connectivity index (χ4n) is 3.20. The van der Waals surface area contributed by atoms with Gasteiger partial charge in [0.25, 0.3) is 0 Å². The zero-order valence-electron chi connectivity index (χ0n) is 15.3. The lowest BCUT2D eigenvalue weighted by atomic mass is 9.86. The van der Waals surface area contributed by atoms with Crippen LogP contribution >= 0.6 is 0 Å². The number of carbonyl (C=O) groups excluding carboxylic acids is 2. The van der Waals surface area contributed by atoms with Gasteiger partial charge in [0, 0.05) is 22.6 Å². The van der Waals surface area contributed by atoms with Gasteiger partial charge in [0.05, 0.1) is 10.8 Å². The van der Waals surface area contributed by atoms with Crippen LogP contribution in [0, 0.1) is 19.8 Å². The molecule has 144 valence electrons. The van der Waals surface area contributed by atoms with E-state index in [1.54, 1.807) is 25.1 Å². The van der Waals surface area contributed by atoms with Gasteiger partial charge in [0.15, 0.2) is 6.61 Å². The number of ether oxygens (including phenoxy) is 1. The minimum absolute atomic E-state index is 0.0212. The normalized spacial score (nSPS) is 14.6. The zero-order chi connectivity index (χ0) is 19.8. The summed E-state index contributed by atoms with van der Waals surface area (Å²) in [6.07, 6.45) is 2.69. The lowest BCUT2D eigenvalue weighted by Gasteiger charge is -2.22. The Hall–Kier alpha value is -2.45. The second-order valence-corrected chi connectivity index (χ2v) is 8.38. The molecule has 3 rings (SSSR count). The van der Waals surface area contributed by atoms with Crippen molar-refractivity contribution in [3.8, 4) is 5.69 Å². The number of ketones is 1. The molecule has 2 N–H and O–H groups in total. The van der Waals surface area contributed by atoms with Crippen LogP contribution in [0.1, 0.15) is 41.0 Å². The molecule has 2 aromatic rings. The standard InChI is InChI=1S/C19H22N2O5S/c1-12-10-17(18(22)11-26-19(23)14-4-3-5-14)13(2)21(12)15-6-8-16(9-7-15)27(20,24)25/h6-10,14H,3-5,11H2,1-2H3,(H2,20,24,25). The maximum atomic E-state index is 12.5. The van der Waals surface area contributed by atoms with Crippen molar-refractivity contribution in [1.29, 1.82) is 0 Å². The van der Waals surface area contributed by atoms with Crippen molar-refractivity contribution in [1.82, 2.24) is 4.57 Å². The predicted molar refractivity (Wildman–Crippen MR) is 99.2 cm³/mol. The van der Waals surface area contributed by atoms with Crippen molar-refractivity contribution >= 4 is 21.8 Å². The van der Waals surface area contributed by atoms with E-state index in [4.69, 9.17) is 9.88 Å². The second-order valence-electron chi connectivity index (χ2n) is 6.82. The number of carbonyl (C=O) groups is 2. The maximum absolute atomic E-state index is 12.5. The van der Waals surface area contributed by atoms with Crippen molar-refractivity contribution in [2.75, 3.05) is 6.61 Å². The average Bonchev–Trinajstić information content (AvgIpc) is 2.85. The van der Waals surface area contributed by atoms with Gasteiger partial charge in [-0.15, -0.1) is 0 Å². The van der Waals surface area contributed by atoms with Crippen LogP contribution in [0.4, 0.5) is 0 Å². The Morgan fingerprint density at radius 1 is 1.19 bits per heavy atom. The van der Waals surface area contributed by atoms with Crippen LogP contribution in [0.15, 0.2) is 35.2 Å². The minimum atomic E-state index is -3.76. The SMILES string of the molecule is Cc1cc(C(=O)COC(=O)C2CCC2)c(C)n1-c1ccc(S(N)(=O)=O)cc1. The predicted octanol–water partition coefficient (Wildman–Crippen LogP) is 2.27. The van der Waals surface area contributed by atoms with Crippen LogP contribution in [-0.2, 0) is 19.6 Å². The highest BCUT2D eigenvalue weighted by Crippen LogP contribution is 2.27. The Morgan fingerprint density at radius 2 is 1.81 bits per heavy atom. The van der Waals surface area contributed by atoms with E-state index in [-0.39, 0.29) is 29.2 Å². The molecule has 0 radical (unpaired) electrons. The summed E-state index contributed by atoms with van der Waals surface area (Å²) in [5, 5.41) is 5.12. The number of aromatic nitrogens is 1. The van der Waals surface area contributed by atoms with E-state index < -0.39 is 10.0 Å². The first-order valence-corrected chi connectivity index (χ1v) is 10.2. The summed E-state index contributed by atoms with van der Waals surface area (Å²) in [5.41, 5.74) is 2.69. The first-order chi connectivity index (χ1) is 12.7. The summed E-state index contributed by atoms with van der Waals surface area (Å²) in [4.78, 5) is 24.3. The molecule has 0 amide bonds. The Balaban J connectivity index is 1.79. The molecule has 0 atom stereocenters. The van der Waals surface area contributed by atoms with Crippen LogP contribution in [0.3, 0.4) is 0 Å². The number of Topliss-reactive ketones (excluding diaryl/α,β-unsaturated/α-hetero) is 1. The summed E-state index contributed by atoms with van der Waals surface area (Å²) in [7, 11) is -3.76. The van der Waals surface area contributed by atoms with Gasteiger partial charge in [-0.25, -0.2) is 13.6 Å². The quantitative estimate of drug-likeness (QED) is 0.601. The molecule has 7 nitrogen and oxygen atoms in total. The molecule has 1 aromatic heterocycles. The third-order valence-corrected chi connectivity index (χ3v) is 5.87. The molecule has 0 spiro atoms. The van der Waals surface area contributed by atoms with Gasteiger partial charge in [-0.2, -0.15) is 0 Å². The van der Waals surface area contributed by atoms with E-state index in [2.05, 4.69) is 0 Å². The summed E-state index contributed by atoms with van der Waals surface area (Å²) in [6.45, 7) is 3.36. The first kappa shape index (κ1) is 19.3. The number of benzene rings is 1. The molecule has 0 saturated heterocycles. The van der Waals surface area contributed by atoms with Crippen molar-refractivity contribution in [3.63, 3.8) is 0 Å². The molecule has 8 heteroatoms. The third kappa shape index (κ3) is 3.96. The fraction of sp³-hybridized carbons (Fsp3) is 0.368. The lowest BCUT2D eigenvalue weighted by molar-refractivity contribution is -0.150. The summed E-state index contributed by atoms with van der Waals surface area (Å²) >= 11 is 0. The number of aryl methyl sites for hydroxylation is 1. The number of nitrogens with zero attached hydrogens (tertiary/aromatic N) is 1. The van der Waals surface area contributed by atoms with Crippen LogP contribution in [0.2, 0.25) is 0 Å². The van der Waals surface area contributed by atoms with Crippen molar-refractivity contribution in [2.24, 2.45) is 11.1 Å². The van der Waals surface area contributed by atoms with E-state index in [9.17, 15) is 18.0 Å². The molecule has 1 heterocycles. The van der Waals surface area contributed by atoms with Gasteiger partial charge in [-0.05, 0) is 57.0 Å². The van der Waals surface area contributed by atoms with Crippen molar-refractivity contribution < 1.29 is 22.7 Å². The van der Waals surface area contributed by atoms with Crippen LogP contribution in [0.5, 0.6) is 0 Å². The van der Waals surface area contributed by atoms with E-state index in [0.717, 1.165) is 25.0 Å². The van der Waals surface area contributed by atoms with Gasteiger partial charge in [-0.1, -0.05) is 6.42 Å². The molecule has 1 aromatic carbocycles. The highest BCUT2D eigenvalue weighted by molar-refractivity contribution is 7.89. The number of esters is 1. The first-order valence-electron chi connectivity index (χ1n) is 8.70. The Labute approximate surface area is 158 Å². The Morgan fingerprint density at radius 3 is 2.33 bits per heavy atom. The average molecular weight is 390 g/mol. The number of nitrogens with two attached hydrogens (primary N) is 1. The van der Waals surface area contributed by atoms with Gasteiger partial charge < -0.3 is 9.30 Å². The van der Waals surface area contributed by atoms with Gasteiger partial charge in [-0.3, -0.25) is 9.59 Å². The number of hydrogen-bond acceptors (Lipinski definition) is 5. The summed E-state index contributed by atoms with van der Waals surface area (Å²) in [6, 6.07) is 7.84. The monoisotopic (exact) mass is 390 g/mol. The van der Waals surface area contributed by atoms with Crippen molar-refractivity contribution in [3.05, 3.63) is 47.3 Å². The van der Waals surface area contributed by atoms with Gasteiger partial charge in [0.1, 0.15) is 0 Å². The van der Waals surface area contributed by atoms with Crippen LogP contribution < -0.4 is 5.14 Å². The highest BCUT2D eigenvalue weighted by atomic mass is 32.2. The van der Waals surface area contributed by atoms with E-state index in [1.165, 1.54) is 12.1 Å². The molecule has 0 unspecified atom stereocenters. The van der Waals surface area contributed by atoms with Gasteiger partial charge >= 0.3 is 5.97 Å². The summed E-state index contributed by atoms with van der Waals surface area (Å²) < 4.78 is 29.8. The fourth-order valence-corrected chi connectivity index (χ4v) is 3.72. The lowest BCUT2D eigenvalue weighted by Crippen LogP contribution is -2.26. The molecule has 0 bridgehead atoms. The molecule has 0 aliphatic heterocycles. The van der Waals surface area contributed by atoms with Crippen molar-refractivity contribution in [2.45, 2.75) is 38.0 Å². The number of sulfonamides is 1. The second kappa shape index (κ2) is 7.28.